The first-order valence-corrected chi connectivity index (χ1v) is 6.80. The molecule has 2 rings (SSSR count). The fourth-order valence-electron chi connectivity index (χ4n) is 1.77. The van der Waals surface area contributed by atoms with Crippen LogP contribution in [0.5, 0.6) is 0 Å². The van der Waals surface area contributed by atoms with Gasteiger partial charge in [0, 0.05) is 37.2 Å². The van der Waals surface area contributed by atoms with Gasteiger partial charge in [0.15, 0.2) is 5.78 Å². The van der Waals surface area contributed by atoms with Crippen molar-refractivity contribution in [2.75, 3.05) is 18.1 Å². The van der Waals surface area contributed by atoms with Gasteiger partial charge in [0.05, 0.1) is 12.2 Å². The lowest BCUT2D eigenvalue weighted by Gasteiger charge is -2.21. The first-order chi connectivity index (χ1) is 7.79. The Kier molecular flexibility index (Phi) is 4.01. The van der Waals surface area contributed by atoms with Gasteiger partial charge < -0.3 is 5.32 Å². The van der Waals surface area contributed by atoms with Gasteiger partial charge in [-0.3, -0.25) is 9.48 Å². The first-order valence-electron chi connectivity index (χ1n) is 5.64. The van der Waals surface area contributed by atoms with Gasteiger partial charge in [-0.2, -0.15) is 16.9 Å². The molecular weight excluding hydrogens is 222 g/mol. The molecule has 1 aliphatic rings. The van der Waals surface area contributed by atoms with Gasteiger partial charge in [0.1, 0.15) is 0 Å². The minimum absolute atomic E-state index is 0.0312. The number of hydrogen-bond donors (Lipinski definition) is 1. The molecule has 1 saturated heterocycles. The lowest BCUT2D eigenvalue weighted by molar-refractivity contribution is -0.119. The number of thioether (sulfide) groups is 1. The maximum Gasteiger partial charge on any atom is 0.155 e. The number of rotatable bonds is 4. The second-order valence-electron chi connectivity index (χ2n) is 3.93. The molecule has 1 aliphatic heterocycles. The van der Waals surface area contributed by atoms with Crippen molar-refractivity contribution in [1.29, 1.82) is 0 Å². The van der Waals surface area contributed by atoms with E-state index in [9.17, 15) is 4.79 Å². The Hall–Kier alpha value is -0.810. The van der Waals surface area contributed by atoms with Crippen LogP contribution in [-0.2, 0) is 17.8 Å². The minimum atomic E-state index is 0.0312. The number of nitrogens with one attached hydrogen (secondary N) is 1. The lowest BCUT2D eigenvalue weighted by atomic mass is 10.1. The molecule has 0 spiro atoms. The van der Waals surface area contributed by atoms with Crippen LogP contribution >= 0.6 is 11.8 Å². The second-order valence-corrected chi connectivity index (χ2v) is 5.08. The van der Waals surface area contributed by atoms with E-state index in [0.29, 0.717) is 6.42 Å². The molecular formula is C11H17N3OS. The summed E-state index contributed by atoms with van der Waals surface area (Å²) in [6, 6.07) is 0.0312. The van der Waals surface area contributed by atoms with Gasteiger partial charge in [-0.05, 0) is 12.5 Å². The van der Waals surface area contributed by atoms with Crippen LogP contribution in [0.3, 0.4) is 0 Å². The molecule has 0 bridgehead atoms. The molecule has 0 saturated carbocycles. The molecule has 1 N–H and O–H groups in total. The summed E-state index contributed by atoms with van der Waals surface area (Å²) in [6.07, 6.45) is 4.24. The Morgan fingerprint density at radius 3 is 3.25 bits per heavy atom. The summed E-state index contributed by atoms with van der Waals surface area (Å²) in [4.78, 5) is 12.0. The summed E-state index contributed by atoms with van der Waals surface area (Å²) in [7, 11) is 0. The number of hydrogen-bond acceptors (Lipinski definition) is 4. The highest BCUT2D eigenvalue weighted by atomic mass is 32.2. The largest absolute Gasteiger partial charge is 0.306 e. The molecule has 16 heavy (non-hydrogen) atoms. The highest BCUT2D eigenvalue weighted by Crippen LogP contribution is 2.10. The van der Waals surface area contributed by atoms with E-state index in [2.05, 4.69) is 10.4 Å². The molecule has 1 unspecified atom stereocenters. The molecule has 1 aromatic rings. The van der Waals surface area contributed by atoms with Gasteiger partial charge in [0.25, 0.3) is 0 Å². The van der Waals surface area contributed by atoms with Crippen molar-refractivity contribution in [3.63, 3.8) is 0 Å². The predicted octanol–water partition coefficient (Wildman–Crippen LogP) is 0.720. The normalized spacial score (nSPS) is 20.9. The second kappa shape index (κ2) is 5.50. The highest BCUT2D eigenvalue weighted by Gasteiger charge is 2.21. The fourth-order valence-corrected chi connectivity index (χ4v) is 2.74. The van der Waals surface area contributed by atoms with Gasteiger partial charge in [-0.1, -0.05) is 0 Å². The third kappa shape index (κ3) is 2.86. The topological polar surface area (TPSA) is 46.9 Å². The SMILES string of the molecule is CCn1cc(CC(=O)C2CSCCN2)cn1. The number of carbonyl (C=O) groups is 1. The van der Waals surface area contributed by atoms with E-state index in [-0.39, 0.29) is 11.8 Å². The third-order valence-corrected chi connectivity index (χ3v) is 3.76. The number of carbonyl (C=O) groups excluding carboxylic acids is 1. The highest BCUT2D eigenvalue weighted by molar-refractivity contribution is 7.99. The summed E-state index contributed by atoms with van der Waals surface area (Å²) in [5.41, 5.74) is 1.02. The summed E-state index contributed by atoms with van der Waals surface area (Å²) >= 11 is 1.85. The molecule has 4 nitrogen and oxygen atoms in total. The lowest BCUT2D eigenvalue weighted by Crippen LogP contribution is -2.44. The van der Waals surface area contributed by atoms with Crippen LogP contribution in [0.25, 0.3) is 0 Å². The van der Waals surface area contributed by atoms with Gasteiger partial charge in [-0.15, -0.1) is 0 Å². The zero-order valence-corrected chi connectivity index (χ0v) is 10.3. The molecule has 0 aliphatic carbocycles. The molecule has 88 valence electrons. The molecule has 0 radical (unpaired) electrons. The van der Waals surface area contributed by atoms with Crippen molar-refractivity contribution < 1.29 is 4.79 Å². The number of Topliss-reactive ketones (excluding diaryl/α,β-unsaturated/α-hetero) is 1. The number of aromatic nitrogens is 2. The molecule has 0 amide bonds. The average Bonchev–Trinajstić information content (AvgIpc) is 2.78. The van der Waals surface area contributed by atoms with Crippen LogP contribution in [0.15, 0.2) is 12.4 Å². The Morgan fingerprint density at radius 1 is 1.75 bits per heavy atom. The van der Waals surface area contributed by atoms with E-state index in [1.165, 1.54) is 0 Å². The number of aryl methyl sites for hydroxylation is 1. The van der Waals surface area contributed by atoms with Crippen molar-refractivity contribution in [2.24, 2.45) is 0 Å². The zero-order chi connectivity index (χ0) is 11.4. The van der Waals surface area contributed by atoms with Gasteiger partial charge in [-0.25, -0.2) is 0 Å². The summed E-state index contributed by atoms with van der Waals surface area (Å²) < 4.78 is 1.85. The van der Waals surface area contributed by atoms with E-state index < -0.39 is 0 Å². The Labute approximate surface area is 99.8 Å². The Balaban J connectivity index is 1.90. The van der Waals surface area contributed by atoms with Crippen LogP contribution in [0.4, 0.5) is 0 Å². The maximum absolute atomic E-state index is 12.0. The van der Waals surface area contributed by atoms with Crippen molar-refractivity contribution in [3.05, 3.63) is 18.0 Å². The van der Waals surface area contributed by atoms with Crippen molar-refractivity contribution in [3.8, 4) is 0 Å². The molecule has 2 heterocycles. The Morgan fingerprint density at radius 2 is 2.62 bits per heavy atom. The van der Waals surface area contributed by atoms with E-state index >= 15 is 0 Å². The molecule has 1 atom stereocenters. The van der Waals surface area contributed by atoms with Crippen LogP contribution < -0.4 is 5.32 Å². The third-order valence-electron chi connectivity index (χ3n) is 2.70. The van der Waals surface area contributed by atoms with Crippen LogP contribution in [0.1, 0.15) is 12.5 Å². The monoisotopic (exact) mass is 239 g/mol. The van der Waals surface area contributed by atoms with Crippen molar-refractivity contribution in [1.82, 2.24) is 15.1 Å². The smallest absolute Gasteiger partial charge is 0.155 e. The molecule has 5 heteroatoms. The number of nitrogens with zero attached hydrogens (tertiary/aromatic N) is 2. The average molecular weight is 239 g/mol. The fraction of sp³-hybridized carbons (Fsp3) is 0.636. The zero-order valence-electron chi connectivity index (χ0n) is 9.48. The minimum Gasteiger partial charge on any atom is -0.306 e. The predicted molar refractivity (Wildman–Crippen MR) is 65.7 cm³/mol. The quantitative estimate of drug-likeness (QED) is 0.841. The molecule has 0 aromatic carbocycles. The summed E-state index contributed by atoms with van der Waals surface area (Å²) in [5.74, 6) is 2.29. The van der Waals surface area contributed by atoms with Crippen molar-refractivity contribution >= 4 is 17.5 Å². The standard InChI is InChI=1S/C11H17N3OS/c1-2-14-7-9(6-13-14)5-11(15)10-8-16-4-3-12-10/h6-7,10,12H,2-5,8H2,1H3. The van der Waals surface area contributed by atoms with E-state index in [0.717, 1.165) is 30.2 Å². The van der Waals surface area contributed by atoms with Crippen molar-refractivity contribution in [2.45, 2.75) is 25.9 Å². The first kappa shape index (κ1) is 11.7. The van der Waals surface area contributed by atoms with Crippen LogP contribution in [-0.4, -0.2) is 39.7 Å². The van der Waals surface area contributed by atoms with E-state index in [1.807, 2.05) is 29.6 Å². The Bertz CT molecular complexity index is 358. The van der Waals surface area contributed by atoms with Crippen LogP contribution in [0.2, 0.25) is 0 Å². The van der Waals surface area contributed by atoms with E-state index in [1.54, 1.807) is 6.20 Å². The van der Waals surface area contributed by atoms with Gasteiger partial charge in [0.2, 0.25) is 0 Å². The summed E-state index contributed by atoms with van der Waals surface area (Å²) in [5, 5.41) is 7.43. The number of ketones is 1. The van der Waals surface area contributed by atoms with Crippen LogP contribution in [0, 0.1) is 0 Å². The maximum atomic E-state index is 12.0. The van der Waals surface area contributed by atoms with Gasteiger partial charge >= 0.3 is 0 Å². The molecule has 1 fully saturated rings. The molecule has 1 aromatic heterocycles. The summed E-state index contributed by atoms with van der Waals surface area (Å²) in [6.45, 7) is 3.83. The van der Waals surface area contributed by atoms with E-state index in [4.69, 9.17) is 0 Å².